The van der Waals surface area contributed by atoms with Crippen LogP contribution in [0, 0.1) is 0 Å². The van der Waals surface area contributed by atoms with E-state index in [1.54, 1.807) is 0 Å². The normalized spacial score (nSPS) is 46.9. The Labute approximate surface area is 295 Å². The Kier molecular flexibility index (Phi) is 15.6. The van der Waals surface area contributed by atoms with E-state index in [2.05, 4.69) is 5.32 Å². The number of ether oxygens (including phenoxy) is 6. The van der Waals surface area contributed by atoms with Crippen LogP contribution in [0.2, 0.25) is 0 Å². The standard InChI is InChI=1S/C29H59N9O13/c30-4-2-1-3-9(33)26(45)38-8-14-24(50-28-16(37)21(43)19(41)13(7-32)47-28)22(44)29(48-14)51-25-17(39)10(34)5-11(35)23(25)49-27-15(36)20(42)18(40)12(6-31)46-27/h9-25,27-29,39-44H,1-8,30-37H2,(H,38,45)/t9-,10+,11-,12+,13-,14+,15+,16+,17-,18+,19+,20+,21+,22+,23+,24+,25+,27+,28+,29-/m0/s1. The van der Waals surface area contributed by atoms with E-state index in [-0.39, 0.29) is 26.1 Å². The summed E-state index contributed by atoms with van der Waals surface area (Å²) >= 11 is 0. The van der Waals surface area contributed by atoms with Crippen LogP contribution in [0.15, 0.2) is 0 Å². The maximum absolute atomic E-state index is 12.8. The van der Waals surface area contributed by atoms with Crippen molar-refractivity contribution in [1.29, 1.82) is 0 Å². The molecule has 3 heterocycles. The second-order valence-electron chi connectivity index (χ2n) is 13.7. The fraction of sp³-hybridized carbons (Fsp3) is 0.966. The molecule has 1 saturated carbocycles. The van der Waals surface area contributed by atoms with Crippen molar-refractivity contribution in [2.45, 2.75) is 148 Å². The van der Waals surface area contributed by atoms with Gasteiger partial charge in [-0.25, -0.2) is 0 Å². The molecule has 22 nitrogen and oxygen atoms in total. The van der Waals surface area contributed by atoms with E-state index >= 15 is 0 Å². The number of hydrogen-bond donors (Lipinski definition) is 15. The molecule has 0 radical (unpaired) electrons. The first-order chi connectivity index (χ1) is 24.1. The average molecular weight is 742 g/mol. The molecule has 20 atom stereocenters. The molecule has 3 aliphatic heterocycles. The first-order valence-corrected chi connectivity index (χ1v) is 17.3. The van der Waals surface area contributed by atoms with Gasteiger partial charge in [-0.2, -0.15) is 0 Å². The van der Waals surface area contributed by atoms with Crippen molar-refractivity contribution in [3.63, 3.8) is 0 Å². The van der Waals surface area contributed by atoms with Gasteiger partial charge in [0, 0.05) is 31.7 Å². The number of carbonyl (C=O) groups excluding carboxylic acids is 1. The lowest BCUT2D eigenvalue weighted by Gasteiger charge is -2.47. The predicted molar refractivity (Wildman–Crippen MR) is 175 cm³/mol. The first-order valence-electron chi connectivity index (χ1n) is 17.3. The summed E-state index contributed by atoms with van der Waals surface area (Å²) in [5.74, 6) is -0.513. The summed E-state index contributed by atoms with van der Waals surface area (Å²) in [5, 5.41) is 67.1. The van der Waals surface area contributed by atoms with E-state index < -0.39 is 128 Å². The van der Waals surface area contributed by atoms with Gasteiger partial charge < -0.3 is 110 Å². The van der Waals surface area contributed by atoms with Gasteiger partial charge in [-0.1, -0.05) is 6.42 Å². The van der Waals surface area contributed by atoms with E-state index in [1.807, 2.05) is 0 Å². The van der Waals surface area contributed by atoms with Crippen LogP contribution in [-0.2, 0) is 33.2 Å². The van der Waals surface area contributed by atoms with Crippen molar-refractivity contribution in [3.05, 3.63) is 0 Å². The second kappa shape index (κ2) is 18.8. The number of aliphatic hydroxyl groups is 6. The minimum Gasteiger partial charge on any atom is -0.389 e. The van der Waals surface area contributed by atoms with Crippen molar-refractivity contribution in [2.75, 3.05) is 26.2 Å². The molecular weight excluding hydrogens is 682 g/mol. The third-order valence-electron chi connectivity index (χ3n) is 9.97. The lowest BCUT2D eigenvalue weighted by Crippen LogP contribution is -2.68. The molecule has 0 unspecified atom stereocenters. The number of hydrogen-bond acceptors (Lipinski definition) is 21. The number of unbranched alkanes of at least 4 members (excludes halogenated alkanes) is 1. The van der Waals surface area contributed by atoms with Crippen LogP contribution in [0.5, 0.6) is 0 Å². The van der Waals surface area contributed by atoms with Crippen LogP contribution in [0.1, 0.15) is 25.7 Å². The van der Waals surface area contributed by atoms with Crippen LogP contribution < -0.4 is 51.2 Å². The summed E-state index contributed by atoms with van der Waals surface area (Å²) in [7, 11) is 0. The lowest BCUT2D eigenvalue weighted by atomic mass is 9.84. The molecule has 3 saturated heterocycles. The van der Waals surface area contributed by atoms with Crippen molar-refractivity contribution in [2.24, 2.45) is 45.9 Å². The average Bonchev–Trinajstić information content (AvgIpc) is 3.40. The first kappa shape index (κ1) is 42.4. The van der Waals surface area contributed by atoms with Crippen LogP contribution in [-0.4, -0.2) is 185 Å². The molecule has 4 aliphatic rings. The molecule has 0 aromatic rings. The number of rotatable bonds is 15. The number of nitrogens with one attached hydrogen (secondary N) is 1. The highest BCUT2D eigenvalue weighted by molar-refractivity contribution is 5.81. The zero-order valence-corrected chi connectivity index (χ0v) is 28.4. The Bertz CT molecular complexity index is 1090. The third kappa shape index (κ3) is 9.68. The molecule has 4 rings (SSSR count). The molecule has 23 N–H and O–H groups in total. The molecule has 0 bridgehead atoms. The van der Waals surface area contributed by atoms with Gasteiger partial charge in [0.25, 0.3) is 0 Å². The van der Waals surface area contributed by atoms with Crippen molar-refractivity contribution in [1.82, 2.24) is 5.32 Å². The second-order valence-corrected chi connectivity index (χ2v) is 13.7. The predicted octanol–water partition coefficient (Wildman–Crippen LogP) is -9.32. The number of nitrogens with two attached hydrogens (primary N) is 8. The zero-order chi connectivity index (χ0) is 37.7. The minimum absolute atomic E-state index is 0.0621. The SMILES string of the molecule is NCCCC[C@H](N)C(=O)NC[C@H]1O[C@@H](O[C@@H]2[C@@H](O)[C@H](N)C[C@H](N)[C@H]2O[C@H]2O[C@H](CN)[C@@H](O)[C@H](O)[C@H]2N)[C@H](O)[C@@H]1O[C@H]1O[C@@H](CN)[C@@H](O)[C@H](O)[C@H]1N. The lowest BCUT2D eigenvalue weighted by molar-refractivity contribution is -0.306. The maximum Gasteiger partial charge on any atom is 0.237 e. The molecule has 0 aromatic carbocycles. The monoisotopic (exact) mass is 741 g/mol. The molecule has 4 fully saturated rings. The maximum atomic E-state index is 12.8. The van der Waals surface area contributed by atoms with Gasteiger partial charge in [-0.05, 0) is 25.8 Å². The van der Waals surface area contributed by atoms with Crippen molar-refractivity contribution >= 4 is 5.91 Å². The minimum atomic E-state index is -1.66. The van der Waals surface area contributed by atoms with Crippen LogP contribution in [0.3, 0.4) is 0 Å². The number of amides is 1. The Morgan fingerprint density at radius 3 is 1.69 bits per heavy atom. The van der Waals surface area contributed by atoms with Gasteiger partial charge in [0.05, 0.1) is 24.2 Å². The van der Waals surface area contributed by atoms with Gasteiger partial charge in [0.15, 0.2) is 18.9 Å². The number of carbonyl (C=O) groups is 1. The summed E-state index contributed by atoms with van der Waals surface area (Å²) < 4.78 is 35.7. The summed E-state index contributed by atoms with van der Waals surface area (Å²) in [6.07, 6.45) is -18.7. The Morgan fingerprint density at radius 1 is 0.647 bits per heavy atom. The van der Waals surface area contributed by atoms with E-state index in [9.17, 15) is 35.4 Å². The summed E-state index contributed by atoms with van der Waals surface area (Å²) in [5.41, 5.74) is 47.8. The molecular formula is C29H59N9O13. The smallest absolute Gasteiger partial charge is 0.237 e. The third-order valence-corrected chi connectivity index (χ3v) is 9.97. The molecule has 1 aliphatic carbocycles. The van der Waals surface area contributed by atoms with Gasteiger partial charge in [0.1, 0.15) is 67.1 Å². The van der Waals surface area contributed by atoms with E-state index in [1.165, 1.54) is 0 Å². The highest BCUT2D eigenvalue weighted by Gasteiger charge is 2.54. The molecule has 51 heavy (non-hydrogen) atoms. The highest BCUT2D eigenvalue weighted by atomic mass is 16.8. The Hall–Kier alpha value is -1.33. The van der Waals surface area contributed by atoms with E-state index in [4.69, 9.17) is 74.3 Å². The van der Waals surface area contributed by atoms with Crippen molar-refractivity contribution < 1.29 is 63.9 Å². The largest absolute Gasteiger partial charge is 0.389 e. The number of aliphatic hydroxyl groups excluding tert-OH is 6. The topological polar surface area (TPSA) is 414 Å². The van der Waals surface area contributed by atoms with E-state index in [0.29, 0.717) is 25.8 Å². The zero-order valence-electron chi connectivity index (χ0n) is 28.4. The van der Waals surface area contributed by atoms with Gasteiger partial charge in [-0.15, -0.1) is 0 Å². The molecule has 298 valence electrons. The molecule has 0 aromatic heterocycles. The molecule has 22 heteroatoms. The molecule has 0 spiro atoms. The van der Waals surface area contributed by atoms with Crippen LogP contribution in [0.25, 0.3) is 0 Å². The van der Waals surface area contributed by atoms with Crippen molar-refractivity contribution in [3.8, 4) is 0 Å². The van der Waals surface area contributed by atoms with Gasteiger partial charge in [-0.3, -0.25) is 4.79 Å². The highest BCUT2D eigenvalue weighted by Crippen LogP contribution is 2.34. The van der Waals surface area contributed by atoms with Gasteiger partial charge >= 0.3 is 0 Å². The Morgan fingerprint density at radius 2 is 1.16 bits per heavy atom. The van der Waals surface area contributed by atoms with E-state index in [0.717, 1.165) is 0 Å². The quantitative estimate of drug-likeness (QED) is 0.0693. The fourth-order valence-corrected chi connectivity index (χ4v) is 6.73. The van der Waals surface area contributed by atoms with Gasteiger partial charge in [0.2, 0.25) is 5.91 Å². The Balaban J connectivity index is 1.55. The summed E-state index contributed by atoms with van der Waals surface area (Å²) in [4.78, 5) is 12.8. The summed E-state index contributed by atoms with van der Waals surface area (Å²) in [6.45, 7) is -0.178. The van der Waals surface area contributed by atoms with Crippen LogP contribution >= 0.6 is 0 Å². The fourth-order valence-electron chi connectivity index (χ4n) is 6.73. The summed E-state index contributed by atoms with van der Waals surface area (Å²) in [6, 6.07) is -5.21. The molecule has 1 amide bonds. The van der Waals surface area contributed by atoms with Crippen LogP contribution in [0.4, 0.5) is 0 Å².